The Bertz CT molecular complexity index is 1200. The zero-order valence-corrected chi connectivity index (χ0v) is 19.9. The molecule has 4 rings (SSSR count). The second-order valence-electron chi connectivity index (χ2n) is 9.45. The van der Waals surface area contributed by atoms with Gasteiger partial charge in [0.05, 0.1) is 11.5 Å². The molecule has 0 aromatic heterocycles. The van der Waals surface area contributed by atoms with Crippen molar-refractivity contribution >= 4 is 29.0 Å². The molecule has 0 atom stereocenters. The van der Waals surface area contributed by atoms with Gasteiger partial charge < -0.3 is 9.47 Å². The predicted molar refractivity (Wildman–Crippen MR) is 125 cm³/mol. The molecule has 2 aromatic carbocycles. The topological polar surface area (TPSA) is 64.6 Å². The lowest BCUT2D eigenvalue weighted by Crippen LogP contribution is -2.18. The van der Waals surface area contributed by atoms with Gasteiger partial charge in [0.15, 0.2) is 0 Å². The van der Waals surface area contributed by atoms with Gasteiger partial charge in [-0.3, -0.25) is 14.9 Å². The highest BCUT2D eigenvalue weighted by Gasteiger charge is 2.37. The maximum atomic E-state index is 13.2. The number of thioether (sulfide) groups is 1. The van der Waals surface area contributed by atoms with Gasteiger partial charge in [0.25, 0.3) is 11.1 Å². The first-order valence-electron chi connectivity index (χ1n) is 10.8. The maximum Gasteiger partial charge on any atom is 0.573 e. The molecule has 1 saturated heterocycles. The van der Waals surface area contributed by atoms with E-state index in [2.05, 4.69) is 30.0 Å². The molecule has 1 fully saturated rings. The predicted octanol–water partition coefficient (Wildman–Crippen LogP) is 6.44. The molecule has 2 aliphatic heterocycles. The number of imide groups is 1. The lowest BCUT2D eigenvalue weighted by Gasteiger charge is -2.20. The van der Waals surface area contributed by atoms with Gasteiger partial charge in [0.1, 0.15) is 11.5 Å². The monoisotopic (exact) mass is 491 g/mol. The number of carbonyl (C=O) groups excluding carboxylic acids is 2. The van der Waals surface area contributed by atoms with E-state index in [1.807, 2.05) is 19.9 Å². The third kappa shape index (κ3) is 5.09. The number of rotatable bonds is 5. The Morgan fingerprint density at radius 3 is 2.53 bits per heavy atom. The van der Waals surface area contributed by atoms with Crippen molar-refractivity contribution in [3.05, 3.63) is 51.9 Å². The molecule has 0 unspecified atom stereocenters. The normalized spacial score (nSPS) is 18.3. The minimum atomic E-state index is -4.89. The van der Waals surface area contributed by atoms with Crippen LogP contribution < -0.4 is 14.8 Å². The average molecular weight is 492 g/mol. The second kappa shape index (κ2) is 8.69. The number of hydrogen-bond donors (Lipinski definition) is 1. The number of hydrogen-bond acceptors (Lipinski definition) is 5. The van der Waals surface area contributed by atoms with Gasteiger partial charge in [-0.25, -0.2) is 0 Å². The van der Waals surface area contributed by atoms with Crippen LogP contribution in [-0.2, 0) is 16.6 Å². The van der Waals surface area contributed by atoms with Crippen molar-refractivity contribution in [1.82, 2.24) is 5.32 Å². The van der Waals surface area contributed by atoms with Crippen LogP contribution in [0.4, 0.5) is 18.0 Å². The van der Waals surface area contributed by atoms with E-state index in [0.29, 0.717) is 29.4 Å². The summed E-state index contributed by atoms with van der Waals surface area (Å²) in [7, 11) is 0. The van der Waals surface area contributed by atoms with E-state index in [-0.39, 0.29) is 21.6 Å². The Balaban J connectivity index is 1.91. The third-order valence-electron chi connectivity index (χ3n) is 5.56. The number of ether oxygens (including phenoxy) is 2. The molecule has 2 amide bonds. The Hall–Kier alpha value is -2.94. The highest BCUT2D eigenvalue weighted by atomic mass is 32.2. The number of fused-ring (bicyclic) bond motifs is 1. The highest BCUT2D eigenvalue weighted by molar-refractivity contribution is 8.18. The van der Waals surface area contributed by atoms with Crippen LogP contribution >= 0.6 is 11.8 Å². The van der Waals surface area contributed by atoms with Gasteiger partial charge in [-0.2, -0.15) is 0 Å². The molecule has 1 N–H and O–H groups in total. The number of carbonyl (C=O) groups is 2. The van der Waals surface area contributed by atoms with Crippen LogP contribution in [0.2, 0.25) is 0 Å². The Labute approximate surface area is 199 Å². The Morgan fingerprint density at radius 2 is 1.91 bits per heavy atom. The molecule has 0 aliphatic carbocycles. The molecule has 9 heteroatoms. The van der Waals surface area contributed by atoms with E-state index in [1.54, 1.807) is 0 Å². The van der Waals surface area contributed by atoms with Gasteiger partial charge in [-0.15, -0.1) is 13.2 Å². The fourth-order valence-electron chi connectivity index (χ4n) is 4.10. The molecule has 34 heavy (non-hydrogen) atoms. The van der Waals surface area contributed by atoms with Crippen molar-refractivity contribution in [2.24, 2.45) is 5.92 Å². The van der Waals surface area contributed by atoms with Crippen LogP contribution in [-0.4, -0.2) is 24.1 Å². The van der Waals surface area contributed by atoms with E-state index in [9.17, 15) is 22.8 Å². The smallest absolute Gasteiger partial charge is 0.492 e. The first kappa shape index (κ1) is 24.2. The van der Waals surface area contributed by atoms with Crippen molar-refractivity contribution in [3.63, 3.8) is 0 Å². The summed E-state index contributed by atoms with van der Waals surface area (Å²) < 4.78 is 50.1. The zero-order valence-electron chi connectivity index (χ0n) is 19.1. The third-order valence-corrected chi connectivity index (χ3v) is 6.37. The van der Waals surface area contributed by atoms with E-state index in [4.69, 9.17) is 4.74 Å². The Morgan fingerprint density at radius 1 is 1.18 bits per heavy atom. The molecule has 2 aromatic rings. The largest absolute Gasteiger partial charge is 0.573 e. The fourth-order valence-corrected chi connectivity index (χ4v) is 4.78. The summed E-state index contributed by atoms with van der Waals surface area (Å²) in [5.41, 5.74) is 2.76. The molecule has 2 aliphatic rings. The van der Waals surface area contributed by atoms with Crippen LogP contribution in [0.5, 0.6) is 11.5 Å². The number of halogens is 3. The molecule has 0 saturated carbocycles. The summed E-state index contributed by atoms with van der Waals surface area (Å²) in [6.07, 6.45) is -2.68. The molecule has 2 heterocycles. The van der Waals surface area contributed by atoms with Crippen molar-refractivity contribution in [2.45, 2.75) is 45.9 Å². The number of nitrogens with one attached hydrogen (secondary N) is 1. The van der Waals surface area contributed by atoms with Crippen LogP contribution in [0.1, 0.15) is 44.4 Å². The molecule has 0 bridgehead atoms. The van der Waals surface area contributed by atoms with Gasteiger partial charge in [0.2, 0.25) is 0 Å². The number of benzene rings is 2. The number of amides is 2. The summed E-state index contributed by atoms with van der Waals surface area (Å²) in [4.78, 5) is 23.6. The van der Waals surface area contributed by atoms with Gasteiger partial charge in [-0.05, 0) is 59.5 Å². The SMILES string of the molecule is CC(C)Cc1cc(-c2cc(/C=C3/SC(=O)NC3=O)ccc2OC(F)(F)F)c2c(c1)C(C)(C)CO2. The zero-order chi connectivity index (χ0) is 24.8. The fraction of sp³-hybridized carbons (Fsp3) is 0.360. The van der Waals surface area contributed by atoms with Crippen molar-refractivity contribution < 1.29 is 32.2 Å². The molecular weight excluding hydrogens is 467 g/mol. The molecule has 0 radical (unpaired) electrons. The minimum absolute atomic E-state index is 0.164. The maximum absolute atomic E-state index is 13.2. The summed E-state index contributed by atoms with van der Waals surface area (Å²) >= 11 is 0.739. The molecular formula is C25H24F3NO4S. The average Bonchev–Trinajstić information content (AvgIpc) is 3.18. The second-order valence-corrected chi connectivity index (χ2v) is 10.5. The molecule has 0 spiro atoms. The lowest BCUT2D eigenvalue weighted by molar-refractivity contribution is -0.274. The van der Waals surface area contributed by atoms with Crippen LogP contribution in [0.15, 0.2) is 35.2 Å². The summed E-state index contributed by atoms with van der Waals surface area (Å²) in [5.74, 6) is -0.0465. The van der Waals surface area contributed by atoms with Crippen molar-refractivity contribution in [2.75, 3.05) is 6.61 Å². The number of alkyl halides is 3. The van der Waals surface area contributed by atoms with E-state index in [1.165, 1.54) is 24.3 Å². The van der Waals surface area contributed by atoms with E-state index in [0.717, 1.165) is 29.3 Å². The first-order valence-corrected chi connectivity index (χ1v) is 11.6. The summed E-state index contributed by atoms with van der Waals surface area (Å²) in [5, 5.41) is 1.67. The van der Waals surface area contributed by atoms with Crippen molar-refractivity contribution in [1.29, 1.82) is 0 Å². The highest BCUT2D eigenvalue weighted by Crippen LogP contribution is 2.48. The summed E-state index contributed by atoms with van der Waals surface area (Å²) in [6.45, 7) is 8.61. The van der Waals surface area contributed by atoms with Gasteiger partial charge >= 0.3 is 6.36 Å². The van der Waals surface area contributed by atoms with E-state index < -0.39 is 17.5 Å². The quantitative estimate of drug-likeness (QED) is 0.488. The Kier molecular flexibility index (Phi) is 6.18. The lowest BCUT2D eigenvalue weighted by atomic mass is 9.83. The molecule has 5 nitrogen and oxygen atoms in total. The molecule has 180 valence electrons. The van der Waals surface area contributed by atoms with Crippen LogP contribution in [0.25, 0.3) is 17.2 Å². The van der Waals surface area contributed by atoms with Crippen molar-refractivity contribution in [3.8, 4) is 22.6 Å². The summed E-state index contributed by atoms with van der Waals surface area (Å²) in [6, 6.07) is 8.06. The minimum Gasteiger partial charge on any atom is -0.492 e. The van der Waals surface area contributed by atoms with Gasteiger partial charge in [0, 0.05) is 22.1 Å². The van der Waals surface area contributed by atoms with Crippen LogP contribution in [0, 0.1) is 5.92 Å². The van der Waals surface area contributed by atoms with E-state index >= 15 is 0 Å². The standard InChI is InChI=1S/C25H24F3NO4S/c1-13(2)7-15-9-17(21-18(10-15)24(3,4)12-32-21)16-8-14(5-6-19(16)33-25(26,27)28)11-20-22(30)29-23(31)34-20/h5-6,8-11,13H,7,12H2,1-4H3,(H,29,30,31)/b20-11+. The van der Waals surface area contributed by atoms with Gasteiger partial charge in [-0.1, -0.05) is 39.8 Å². The van der Waals surface area contributed by atoms with Crippen LogP contribution in [0.3, 0.4) is 0 Å². The first-order chi connectivity index (χ1) is 15.8.